The maximum Gasteiger partial charge on any atom is 0.0821 e. The molecule has 0 bridgehead atoms. The molecule has 0 aliphatic heterocycles. The van der Waals surface area contributed by atoms with Gasteiger partial charge in [-0.15, -0.1) is 0 Å². The Balaban J connectivity index is 2.48. The molecule has 0 radical (unpaired) electrons. The van der Waals surface area contributed by atoms with Gasteiger partial charge < -0.3 is 5.11 Å². The summed E-state index contributed by atoms with van der Waals surface area (Å²) in [6.07, 6.45) is 1.81. The Bertz CT molecular complexity index is 530. The first-order valence-corrected chi connectivity index (χ1v) is 6.81. The Labute approximate surface area is 109 Å². The number of aliphatic hydroxyl groups is 1. The van der Waals surface area contributed by atoms with Gasteiger partial charge in [0.05, 0.1) is 6.10 Å². The van der Waals surface area contributed by atoms with Gasteiger partial charge in [-0.05, 0) is 41.2 Å². The van der Waals surface area contributed by atoms with Crippen LogP contribution in [0.3, 0.4) is 0 Å². The van der Waals surface area contributed by atoms with Gasteiger partial charge in [0.15, 0.2) is 0 Å². The SMILES string of the molecule is CCCC(C)C(O)c1ccc(C)c2ccccc12. The smallest absolute Gasteiger partial charge is 0.0821 e. The van der Waals surface area contributed by atoms with Crippen molar-refractivity contribution in [1.29, 1.82) is 0 Å². The van der Waals surface area contributed by atoms with Crippen LogP contribution in [0.25, 0.3) is 10.8 Å². The van der Waals surface area contributed by atoms with Crippen molar-refractivity contribution >= 4 is 10.8 Å². The Hall–Kier alpha value is -1.34. The molecular formula is C17H22O. The van der Waals surface area contributed by atoms with Crippen LogP contribution in [0, 0.1) is 12.8 Å². The van der Waals surface area contributed by atoms with Crippen LogP contribution in [0.1, 0.15) is 43.9 Å². The second-order valence-electron chi connectivity index (χ2n) is 5.23. The van der Waals surface area contributed by atoms with Crippen LogP contribution in [0.15, 0.2) is 36.4 Å². The molecule has 2 rings (SSSR count). The molecule has 1 N–H and O–H groups in total. The highest BCUT2D eigenvalue weighted by molar-refractivity contribution is 5.88. The maximum absolute atomic E-state index is 10.5. The second-order valence-corrected chi connectivity index (χ2v) is 5.23. The van der Waals surface area contributed by atoms with Crippen LogP contribution in [0.2, 0.25) is 0 Å². The number of benzene rings is 2. The molecule has 0 saturated carbocycles. The number of rotatable bonds is 4. The van der Waals surface area contributed by atoms with Crippen LogP contribution in [0.5, 0.6) is 0 Å². The highest BCUT2D eigenvalue weighted by Crippen LogP contribution is 2.32. The van der Waals surface area contributed by atoms with Crippen molar-refractivity contribution in [3.05, 3.63) is 47.5 Å². The highest BCUT2D eigenvalue weighted by atomic mass is 16.3. The normalized spacial score (nSPS) is 14.7. The van der Waals surface area contributed by atoms with Gasteiger partial charge in [-0.2, -0.15) is 0 Å². The van der Waals surface area contributed by atoms with Gasteiger partial charge in [0.2, 0.25) is 0 Å². The summed E-state index contributed by atoms with van der Waals surface area (Å²) in [5, 5.41) is 12.9. The molecule has 1 heteroatoms. The molecule has 0 aliphatic carbocycles. The first-order chi connectivity index (χ1) is 8.65. The van der Waals surface area contributed by atoms with Crippen molar-refractivity contribution < 1.29 is 5.11 Å². The summed E-state index contributed by atoms with van der Waals surface area (Å²) >= 11 is 0. The van der Waals surface area contributed by atoms with Gasteiger partial charge >= 0.3 is 0 Å². The summed E-state index contributed by atoms with van der Waals surface area (Å²) < 4.78 is 0. The largest absolute Gasteiger partial charge is 0.388 e. The maximum atomic E-state index is 10.5. The summed E-state index contributed by atoms with van der Waals surface area (Å²) in [4.78, 5) is 0. The molecule has 1 nitrogen and oxygen atoms in total. The van der Waals surface area contributed by atoms with Crippen molar-refractivity contribution in [2.45, 2.75) is 39.7 Å². The quantitative estimate of drug-likeness (QED) is 0.829. The van der Waals surface area contributed by atoms with Crippen LogP contribution >= 0.6 is 0 Å². The molecule has 96 valence electrons. The molecule has 2 aromatic carbocycles. The fraction of sp³-hybridized carbons (Fsp3) is 0.412. The third-order valence-electron chi connectivity index (χ3n) is 3.78. The number of hydrogen-bond donors (Lipinski definition) is 1. The van der Waals surface area contributed by atoms with Gasteiger partial charge in [0.25, 0.3) is 0 Å². The van der Waals surface area contributed by atoms with Crippen LogP contribution in [0.4, 0.5) is 0 Å². The topological polar surface area (TPSA) is 20.2 Å². The summed E-state index contributed by atoms with van der Waals surface area (Å²) in [5.74, 6) is 0.307. The van der Waals surface area contributed by atoms with Gasteiger partial charge in [0, 0.05) is 0 Å². The zero-order valence-electron chi connectivity index (χ0n) is 11.5. The lowest BCUT2D eigenvalue weighted by Crippen LogP contribution is -2.09. The first kappa shape index (κ1) is 13.1. The van der Waals surface area contributed by atoms with Gasteiger partial charge in [-0.3, -0.25) is 0 Å². The zero-order valence-corrected chi connectivity index (χ0v) is 11.5. The lowest BCUT2D eigenvalue weighted by Gasteiger charge is -2.21. The standard InChI is InChI=1S/C17H22O/c1-4-7-13(3)17(18)16-11-10-12(2)14-8-5-6-9-15(14)16/h5-6,8-11,13,17-18H,4,7H2,1-3H3. The van der Waals surface area contributed by atoms with Crippen molar-refractivity contribution in [2.75, 3.05) is 0 Å². The Morgan fingerprint density at radius 1 is 1.06 bits per heavy atom. The Kier molecular flexibility index (Phi) is 4.03. The summed E-state index contributed by atoms with van der Waals surface area (Å²) in [5.41, 5.74) is 2.34. The predicted octanol–water partition coefficient (Wildman–Crippen LogP) is 4.62. The van der Waals surface area contributed by atoms with Gasteiger partial charge in [0.1, 0.15) is 0 Å². The van der Waals surface area contributed by atoms with E-state index in [4.69, 9.17) is 0 Å². The minimum atomic E-state index is -0.365. The summed E-state index contributed by atoms with van der Waals surface area (Å²) in [6, 6.07) is 12.5. The van der Waals surface area contributed by atoms with Crippen molar-refractivity contribution in [3.8, 4) is 0 Å². The van der Waals surface area contributed by atoms with Crippen molar-refractivity contribution in [1.82, 2.24) is 0 Å². The number of aliphatic hydroxyl groups excluding tert-OH is 1. The molecular weight excluding hydrogens is 220 g/mol. The van der Waals surface area contributed by atoms with E-state index in [1.165, 1.54) is 16.3 Å². The zero-order chi connectivity index (χ0) is 13.1. The molecule has 0 amide bonds. The molecule has 0 heterocycles. The number of aryl methyl sites for hydroxylation is 1. The molecule has 2 aromatic rings. The lowest BCUT2D eigenvalue weighted by molar-refractivity contribution is 0.114. The number of fused-ring (bicyclic) bond motifs is 1. The molecule has 18 heavy (non-hydrogen) atoms. The Morgan fingerprint density at radius 2 is 1.72 bits per heavy atom. The van der Waals surface area contributed by atoms with Crippen LogP contribution in [-0.2, 0) is 0 Å². The van der Waals surface area contributed by atoms with Crippen LogP contribution in [-0.4, -0.2) is 5.11 Å². The highest BCUT2D eigenvalue weighted by Gasteiger charge is 2.18. The average Bonchev–Trinajstić information content (AvgIpc) is 2.39. The van der Waals surface area contributed by atoms with Gasteiger partial charge in [-0.1, -0.05) is 56.7 Å². The molecule has 2 atom stereocenters. The van der Waals surface area contributed by atoms with E-state index in [0.29, 0.717) is 5.92 Å². The van der Waals surface area contributed by atoms with Gasteiger partial charge in [-0.25, -0.2) is 0 Å². The minimum absolute atomic E-state index is 0.307. The van der Waals surface area contributed by atoms with E-state index in [1.807, 2.05) is 6.07 Å². The third kappa shape index (κ3) is 2.41. The Morgan fingerprint density at radius 3 is 2.39 bits per heavy atom. The minimum Gasteiger partial charge on any atom is -0.388 e. The fourth-order valence-electron chi connectivity index (χ4n) is 2.65. The first-order valence-electron chi connectivity index (χ1n) is 6.81. The predicted molar refractivity (Wildman–Crippen MR) is 77.7 cm³/mol. The molecule has 0 fully saturated rings. The van der Waals surface area contributed by atoms with E-state index < -0.39 is 0 Å². The van der Waals surface area contributed by atoms with Crippen LogP contribution < -0.4 is 0 Å². The molecule has 0 aliphatic rings. The third-order valence-corrected chi connectivity index (χ3v) is 3.78. The average molecular weight is 242 g/mol. The summed E-state index contributed by atoms with van der Waals surface area (Å²) in [6.45, 7) is 6.41. The van der Waals surface area contributed by atoms with Crippen molar-refractivity contribution in [3.63, 3.8) is 0 Å². The fourth-order valence-corrected chi connectivity index (χ4v) is 2.65. The van der Waals surface area contributed by atoms with E-state index in [1.54, 1.807) is 0 Å². The molecule has 2 unspecified atom stereocenters. The number of hydrogen-bond acceptors (Lipinski definition) is 1. The van der Waals surface area contributed by atoms with E-state index in [0.717, 1.165) is 18.4 Å². The molecule has 0 spiro atoms. The molecule has 0 aromatic heterocycles. The van der Waals surface area contributed by atoms with E-state index in [-0.39, 0.29) is 6.10 Å². The van der Waals surface area contributed by atoms with Crippen molar-refractivity contribution in [2.24, 2.45) is 5.92 Å². The summed E-state index contributed by atoms with van der Waals surface area (Å²) in [7, 11) is 0. The van der Waals surface area contributed by atoms with E-state index in [2.05, 4.69) is 51.1 Å². The lowest BCUT2D eigenvalue weighted by atomic mass is 9.89. The second kappa shape index (κ2) is 5.53. The monoisotopic (exact) mass is 242 g/mol. The molecule has 0 saturated heterocycles. The van der Waals surface area contributed by atoms with E-state index >= 15 is 0 Å². The van der Waals surface area contributed by atoms with E-state index in [9.17, 15) is 5.11 Å².